The summed E-state index contributed by atoms with van der Waals surface area (Å²) in [6.07, 6.45) is 2.57. The maximum atomic E-state index is 12.5. The number of rotatable bonds is 7. The molecule has 27 heavy (non-hydrogen) atoms. The van der Waals surface area contributed by atoms with Crippen LogP contribution in [0.15, 0.2) is 34.9 Å². The van der Waals surface area contributed by atoms with E-state index >= 15 is 0 Å². The number of carbonyl (C=O) groups excluding carboxylic acids is 1. The van der Waals surface area contributed by atoms with Gasteiger partial charge in [0.05, 0.1) is 6.54 Å². The predicted octanol–water partition coefficient (Wildman–Crippen LogP) is 3.74. The molecule has 0 unspecified atom stereocenters. The second-order valence-corrected chi connectivity index (χ2v) is 7.64. The Morgan fingerprint density at radius 3 is 2.63 bits per heavy atom. The van der Waals surface area contributed by atoms with Crippen LogP contribution in [0.25, 0.3) is 0 Å². The van der Waals surface area contributed by atoms with Crippen LogP contribution >= 0.6 is 0 Å². The molecule has 1 aromatic carbocycles. The molecule has 0 bridgehead atoms. The molecule has 0 atom stereocenters. The molecule has 6 heteroatoms. The number of nitrogens with one attached hydrogen (secondary N) is 1. The highest BCUT2D eigenvalue weighted by molar-refractivity contribution is 5.73. The lowest BCUT2D eigenvalue weighted by Gasteiger charge is -2.22. The molecule has 2 amide bonds. The topological polar surface area (TPSA) is 61.6 Å². The SMILES string of the molecule is CC(C)c1cc(CNC(=O)N(C)Cc2ccccc2CN2CCCC2)no1. The van der Waals surface area contributed by atoms with E-state index in [1.165, 1.54) is 37.1 Å². The van der Waals surface area contributed by atoms with Gasteiger partial charge in [0.15, 0.2) is 0 Å². The summed E-state index contributed by atoms with van der Waals surface area (Å²) in [6.45, 7) is 8.36. The molecule has 0 radical (unpaired) electrons. The van der Waals surface area contributed by atoms with Crippen LogP contribution in [0, 0.1) is 0 Å². The van der Waals surface area contributed by atoms with E-state index in [1.807, 2.05) is 19.2 Å². The molecule has 2 aromatic rings. The Kier molecular flexibility index (Phi) is 6.50. The van der Waals surface area contributed by atoms with Gasteiger partial charge >= 0.3 is 6.03 Å². The molecule has 0 saturated carbocycles. The summed E-state index contributed by atoms with van der Waals surface area (Å²) in [5.41, 5.74) is 3.25. The Labute approximate surface area is 161 Å². The molecule has 0 spiro atoms. The van der Waals surface area contributed by atoms with Crippen LogP contribution in [0.2, 0.25) is 0 Å². The van der Waals surface area contributed by atoms with Gasteiger partial charge in [-0.05, 0) is 37.1 Å². The number of likely N-dealkylation sites (tertiary alicyclic amines) is 1. The van der Waals surface area contributed by atoms with Crippen molar-refractivity contribution >= 4 is 6.03 Å². The lowest BCUT2D eigenvalue weighted by Crippen LogP contribution is -2.36. The molecule has 6 nitrogen and oxygen atoms in total. The fourth-order valence-electron chi connectivity index (χ4n) is 3.36. The van der Waals surface area contributed by atoms with E-state index in [0.29, 0.717) is 13.1 Å². The van der Waals surface area contributed by atoms with Crippen molar-refractivity contribution in [1.29, 1.82) is 0 Å². The fraction of sp³-hybridized carbons (Fsp3) is 0.524. The predicted molar refractivity (Wildman–Crippen MR) is 105 cm³/mol. The third-order valence-electron chi connectivity index (χ3n) is 5.03. The minimum absolute atomic E-state index is 0.111. The zero-order valence-corrected chi connectivity index (χ0v) is 16.6. The van der Waals surface area contributed by atoms with Gasteiger partial charge in [0.25, 0.3) is 0 Å². The third kappa shape index (κ3) is 5.32. The van der Waals surface area contributed by atoms with Crippen molar-refractivity contribution in [3.05, 3.63) is 52.9 Å². The summed E-state index contributed by atoms with van der Waals surface area (Å²) in [5, 5.41) is 6.93. The number of carbonyl (C=O) groups is 1. The number of aromatic nitrogens is 1. The number of hydrogen-bond donors (Lipinski definition) is 1. The smallest absolute Gasteiger partial charge is 0.317 e. The van der Waals surface area contributed by atoms with Gasteiger partial charge in [-0.1, -0.05) is 43.3 Å². The lowest BCUT2D eigenvalue weighted by molar-refractivity contribution is 0.206. The van der Waals surface area contributed by atoms with Crippen molar-refractivity contribution in [2.45, 2.75) is 52.2 Å². The Hall–Kier alpha value is -2.34. The van der Waals surface area contributed by atoms with Crippen molar-refractivity contribution in [2.24, 2.45) is 0 Å². The van der Waals surface area contributed by atoms with Crippen LogP contribution in [-0.2, 0) is 19.6 Å². The standard InChI is InChI=1S/C21H30N4O2/c1-16(2)20-12-19(23-27-20)13-22-21(26)24(3)14-17-8-4-5-9-18(17)15-25-10-6-7-11-25/h4-5,8-9,12,16H,6-7,10-11,13-15H2,1-3H3,(H,22,26). The first kappa shape index (κ1) is 19.4. The largest absolute Gasteiger partial charge is 0.361 e. The van der Waals surface area contributed by atoms with Gasteiger partial charge in [-0.2, -0.15) is 0 Å². The van der Waals surface area contributed by atoms with Crippen molar-refractivity contribution < 1.29 is 9.32 Å². The lowest BCUT2D eigenvalue weighted by atomic mass is 10.1. The minimum Gasteiger partial charge on any atom is -0.361 e. The van der Waals surface area contributed by atoms with E-state index in [1.54, 1.807) is 4.90 Å². The first-order chi connectivity index (χ1) is 13.0. The normalized spacial score (nSPS) is 14.7. The highest BCUT2D eigenvalue weighted by Crippen LogP contribution is 2.18. The van der Waals surface area contributed by atoms with Gasteiger partial charge < -0.3 is 14.7 Å². The van der Waals surface area contributed by atoms with Crippen LogP contribution in [0.4, 0.5) is 4.79 Å². The number of nitrogens with zero attached hydrogens (tertiary/aromatic N) is 3. The van der Waals surface area contributed by atoms with Crippen molar-refractivity contribution in [2.75, 3.05) is 20.1 Å². The summed E-state index contributed by atoms with van der Waals surface area (Å²) in [4.78, 5) is 16.7. The molecule has 146 valence electrons. The monoisotopic (exact) mass is 370 g/mol. The maximum Gasteiger partial charge on any atom is 0.317 e. The molecule has 1 fully saturated rings. The van der Waals surface area contributed by atoms with E-state index in [0.717, 1.165) is 18.0 Å². The summed E-state index contributed by atoms with van der Waals surface area (Å²) in [6, 6.07) is 10.2. The minimum atomic E-state index is -0.111. The average Bonchev–Trinajstić information content (AvgIpc) is 3.33. The van der Waals surface area contributed by atoms with Gasteiger partial charge in [0, 0.05) is 32.1 Å². The van der Waals surface area contributed by atoms with Crippen LogP contribution in [0.1, 0.15) is 55.2 Å². The van der Waals surface area contributed by atoms with Crippen LogP contribution in [0.3, 0.4) is 0 Å². The van der Waals surface area contributed by atoms with Crippen LogP contribution in [0.5, 0.6) is 0 Å². The van der Waals surface area contributed by atoms with Gasteiger partial charge in [-0.3, -0.25) is 4.90 Å². The summed E-state index contributed by atoms with van der Waals surface area (Å²) < 4.78 is 5.27. The second-order valence-electron chi connectivity index (χ2n) is 7.64. The van der Waals surface area contributed by atoms with Gasteiger partial charge in [-0.25, -0.2) is 4.79 Å². The molecular weight excluding hydrogens is 340 g/mol. The molecule has 1 aliphatic rings. The van der Waals surface area contributed by atoms with Gasteiger partial charge in [0.2, 0.25) is 0 Å². The fourth-order valence-corrected chi connectivity index (χ4v) is 3.36. The Morgan fingerprint density at radius 1 is 1.26 bits per heavy atom. The third-order valence-corrected chi connectivity index (χ3v) is 5.03. The average molecular weight is 370 g/mol. The second kappa shape index (κ2) is 9.04. The molecule has 3 rings (SSSR count). The van der Waals surface area contributed by atoms with E-state index in [2.05, 4.69) is 47.4 Å². The Morgan fingerprint density at radius 2 is 1.96 bits per heavy atom. The van der Waals surface area contributed by atoms with E-state index in [-0.39, 0.29) is 11.9 Å². The number of urea groups is 1. The molecule has 1 N–H and O–H groups in total. The zero-order valence-electron chi connectivity index (χ0n) is 16.6. The molecule has 1 aliphatic heterocycles. The van der Waals surface area contributed by atoms with Crippen molar-refractivity contribution in [3.8, 4) is 0 Å². The van der Waals surface area contributed by atoms with Crippen LogP contribution in [-0.4, -0.2) is 41.1 Å². The highest BCUT2D eigenvalue weighted by atomic mass is 16.5. The Balaban J connectivity index is 1.54. The molecule has 2 heterocycles. The summed E-state index contributed by atoms with van der Waals surface area (Å²) in [7, 11) is 1.82. The zero-order chi connectivity index (χ0) is 19.2. The van der Waals surface area contributed by atoms with E-state index in [9.17, 15) is 4.79 Å². The molecule has 0 aliphatic carbocycles. The first-order valence-corrected chi connectivity index (χ1v) is 9.76. The summed E-state index contributed by atoms with van der Waals surface area (Å²) >= 11 is 0. The van der Waals surface area contributed by atoms with Gasteiger partial charge in [0.1, 0.15) is 11.5 Å². The quantitative estimate of drug-likeness (QED) is 0.807. The highest BCUT2D eigenvalue weighted by Gasteiger charge is 2.16. The molecular formula is C21H30N4O2. The van der Waals surface area contributed by atoms with E-state index < -0.39 is 0 Å². The maximum absolute atomic E-state index is 12.5. The van der Waals surface area contributed by atoms with Crippen molar-refractivity contribution in [3.63, 3.8) is 0 Å². The number of benzene rings is 1. The molecule has 1 saturated heterocycles. The Bertz CT molecular complexity index is 750. The van der Waals surface area contributed by atoms with Crippen molar-refractivity contribution in [1.82, 2.24) is 20.3 Å². The first-order valence-electron chi connectivity index (χ1n) is 9.76. The van der Waals surface area contributed by atoms with Crippen LogP contribution < -0.4 is 5.32 Å². The number of amides is 2. The van der Waals surface area contributed by atoms with Gasteiger partial charge in [-0.15, -0.1) is 0 Å². The van der Waals surface area contributed by atoms with E-state index in [4.69, 9.17) is 4.52 Å². The number of hydrogen-bond acceptors (Lipinski definition) is 4. The summed E-state index contributed by atoms with van der Waals surface area (Å²) in [5.74, 6) is 1.13. The molecule has 1 aromatic heterocycles.